The number of rotatable bonds is 3. The Bertz CT molecular complexity index is 393. The summed E-state index contributed by atoms with van der Waals surface area (Å²) in [6, 6.07) is 6.24. The summed E-state index contributed by atoms with van der Waals surface area (Å²) in [6.45, 7) is 0. The molecule has 2 N–H and O–H groups in total. The van der Waals surface area contributed by atoms with E-state index < -0.39 is 5.97 Å². The van der Waals surface area contributed by atoms with Crippen LogP contribution in [0.4, 0.5) is 0 Å². The molecule has 1 saturated carbocycles. The Kier molecular flexibility index (Phi) is 2.41. The number of benzene rings is 1. The minimum Gasteiger partial charge on any atom is -0.478 e. The van der Waals surface area contributed by atoms with E-state index in [2.05, 4.69) is 5.32 Å². The monoisotopic (exact) mass is 205 g/mol. The number of hydrogen-bond donors (Lipinski definition) is 2. The van der Waals surface area contributed by atoms with Crippen LogP contribution in [0, 0.1) is 0 Å². The van der Waals surface area contributed by atoms with Crippen LogP contribution < -0.4 is 5.32 Å². The van der Waals surface area contributed by atoms with Crippen molar-refractivity contribution in [2.75, 3.05) is 0 Å². The summed E-state index contributed by atoms with van der Waals surface area (Å²) in [4.78, 5) is 22.1. The van der Waals surface area contributed by atoms with Crippen molar-refractivity contribution in [3.63, 3.8) is 0 Å². The van der Waals surface area contributed by atoms with Crippen LogP contribution >= 0.6 is 0 Å². The molecule has 1 aromatic rings. The predicted octanol–water partition coefficient (Wildman–Crippen LogP) is 1.28. The molecule has 1 fully saturated rings. The predicted molar refractivity (Wildman–Crippen MR) is 53.9 cm³/mol. The smallest absolute Gasteiger partial charge is 0.335 e. The van der Waals surface area contributed by atoms with Gasteiger partial charge in [0.05, 0.1) is 5.56 Å². The topological polar surface area (TPSA) is 66.4 Å². The van der Waals surface area contributed by atoms with E-state index >= 15 is 0 Å². The highest BCUT2D eigenvalue weighted by Gasteiger charge is 2.23. The van der Waals surface area contributed by atoms with Gasteiger partial charge in [-0.2, -0.15) is 0 Å². The third-order valence-corrected chi connectivity index (χ3v) is 2.31. The van der Waals surface area contributed by atoms with Crippen molar-refractivity contribution >= 4 is 11.9 Å². The molecule has 1 aromatic carbocycles. The van der Waals surface area contributed by atoms with E-state index in [1.54, 1.807) is 0 Å². The summed E-state index contributed by atoms with van der Waals surface area (Å²) in [7, 11) is 0. The minimum absolute atomic E-state index is 0.130. The van der Waals surface area contributed by atoms with E-state index in [1.807, 2.05) is 0 Å². The average Bonchev–Trinajstić information content (AvgIpc) is 3.02. The first-order valence-corrected chi connectivity index (χ1v) is 4.81. The van der Waals surface area contributed by atoms with Crippen LogP contribution in [0.5, 0.6) is 0 Å². The van der Waals surface area contributed by atoms with Gasteiger partial charge in [0.1, 0.15) is 0 Å². The summed E-state index contributed by atoms with van der Waals surface area (Å²) >= 11 is 0. The quantitative estimate of drug-likeness (QED) is 0.781. The fourth-order valence-corrected chi connectivity index (χ4v) is 1.26. The van der Waals surface area contributed by atoms with Crippen LogP contribution in [0.15, 0.2) is 24.3 Å². The van der Waals surface area contributed by atoms with Gasteiger partial charge >= 0.3 is 5.97 Å². The number of hydrogen-bond acceptors (Lipinski definition) is 2. The molecule has 2 rings (SSSR count). The van der Waals surface area contributed by atoms with E-state index in [1.165, 1.54) is 24.3 Å². The van der Waals surface area contributed by atoms with Crippen LogP contribution in [0.2, 0.25) is 0 Å². The second kappa shape index (κ2) is 3.73. The molecule has 0 radical (unpaired) electrons. The lowest BCUT2D eigenvalue weighted by Crippen LogP contribution is -2.25. The van der Waals surface area contributed by atoms with E-state index in [9.17, 15) is 9.59 Å². The molecule has 78 valence electrons. The third-order valence-electron chi connectivity index (χ3n) is 2.31. The molecule has 1 aliphatic carbocycles. The normalized spacial score (nSPS) is 14.7. The number of carboxylic acid groups (broad SMARTS) is 1. The number of carbonyl (C=O) groups excluding carboxylic acids is 1. The zero-order valence-corrected chi connectivity index (χ0v) is 8.06. The molecule has 0 atom stereocenters. The Labute approximate surface area is 86.9 Å². The number of aromatic carboxylic acids is 1. The van der Waals surface area contributed by atoms with Crippen LogP contribution in [-0.4, -0.2) is 23.0 Å². The van der Waals surface area contributed by atoms with Gasteiger partial charge in [0, 0.05) is 11.6 Å². The maximum absolute atomic E-state index is 11.5. The van der Waals surface area contributed by atoms with Crippen molar-refractivity contribution in [3.05, 3.63) is 35.4 Å². The summed E-state index contributed by atoms with van der Waals surface area (Å²) < 4.78 is 0. The number of amides is 1. The second-order valence-electron chi connectivity index (χ2n) is 3.63. The highest BCUT2D eigenvalue weighted by Crippen LogP contribution is 2.19. The molecule has 0 aliphatic heterocycles. The fourth-order valence-electron chi connectivity index (χ4n) is 1.26. The molecular formula is C11H11NO3. The lowest BCUT2D eigenvalue weighted by molar-refractivity contribution is 0.0696. The van der Waals surface area contributed by atoms with Gasteiger partial charge in [-0.05, 0) is 37.1 Å². The number of carboxylic acids is 1. The van der Waals surface area contributed by atoms with Crippen molar-refractivity contribution < 1.29 is 14.7 Å². The van der Waals surface area contributed by atoms with Gasteiger partial charge in [-0.15, -0.1) is 0 Å². The van der Waals surface area contributed by atoms with Crippen molar-refractivity contribution in [1.29, 1.82) is 0 Å². The lowest BCUT2D eigenvalue weighted by atomic mass is 10.1. The summed E-state index contributed by atoms with van der Waals surface area (Å²) in [6.07, 6.45) is 2.08. The third kappa shape index (κ3) is 2.34. The van der Waals surface area contributed by atoms with Crippen LogP contribution in [0.25, 0.3) is 0 Å². The Hall–Kier alpha value is -1.84. The van der Waals surface area contributed by atoms with Crippen LogP contribution in [-0.2, 0) is 0 Å². The molecule has 4 heteroatoms. The van der Waals surface area contributed by atoms with Crippen molar-refractivity contribution in [2.45, 2.75) is 18.9 Å². The van der Waals surface area contributed by atoms with Gasteiger partial charge < -0.3 is 10.4 Å². The Morgan fingerprint density at radius 1 is 1.13 bits per heavy atom. The Morgan fingerprint density at radius 2 is 1.67 bits per heavy atom. The summed E-state index contributed by atoms with van der Waals surface area (Å²) in [5.74, 6) is -1.11. The standard InChI is InChI=1S/C11H11NO3/c13-10(12-9-5-6-9)7-1-3-8(4-2-7)11(14)15/h1-4,9H,5-6H2,(H,12,13)(H,14,15). The van der Waals surface area contributed by atoms with Crippen LogP contribution in [0.3, 0.4) is 0 Å². The maximum Gasteiger partial charge on any atom is 0.335 e. The molecule has 0 aromatic heterocycles. The first kappa shape index (κ1) is 9.71. The molecule has 0 bridgehead atoms. The van der Waals surface area contributed by atoms with E-state index in [0.717, 1.165) is 12.8 Å². The molecule has 4 nitrogen and oxygen atoms in total. The van der Waals surface area contributed by atoms with Gasteiger partial charge in [0.2, 0.25) is 0 Å². The van der Waals surface area contributed by atoms with Crippen molar-refractivity contribution in [1.82, 2.24) is 5.32 Å². The van der Waals surface area contributed by atoms with Gasteiger partial charge in [-0.1, -0.05) is 0 Å². The molecule has 0 unspecified atom stereocenters. The number of nitrogens with one attached hydrogen (secondary N) is 1. The summed E-state index contributed by atoms with van der Waals surface area (Å²) in [5, 5.41) is 11.5. The molecule has 0 heterocycles. The second-order valence-corrected chi connectivity index (χ2v) is 3.63. The minimum atomic E-state index is -0.982. The van der Waals surface area contributed by atoms with Gasteiger partial charge in [-0.25, -0.2) is 4.79 Å². The molecule has 1 amide bonds. The zero-order chi connectivity index (χ0) is 10.8. The first-order chi connectivity index (χ1) is 7.16. The zero-order valence-electron chi connectivity index (χ0n) is 8.06. The van der Waals surface area contributed by atoms with E-state index in [0.29, 0.717) is 11.6 Å². The van der Waals surface area contributed by atoms with Gasteiger partial charge in [0.15, 0.2) is 0 Å². The molecule has 0 saturated heterocycles. The van der Waals surface area contributed by atoms with Gasteiger partial charge in [0.25, 0.3) is 5.91 Å². The van der Waals surface area contributed by atoms with E-state index in [4.69, 9.17) is 5.11 Å². The largest absolute Gasteiger partial charge is 0.478 e. The SMILES string of the molecule is O=C(O)c1ccc(C(=O)NC2CC2)cc1. The van der Waals surface area contributed by atoms with E-state index in [-0.39, 0.29) is 11.5 Å². The first-order valence-electron chi connectivity index (χ1n) is 4.81. The lowest BCUT2D eigenvalue weighted by Gasteiger charge is -2.02. The van der Waals surface area contributed by atoms with Crippen LogP contribution in [0.1, 0.15) is 33.6 Å². The molecule has 0 spiro atoms. The van der Waals surface area contributed by atoms with Crippen molar-refractivity contribution in [2.24, 2.45) is 0 Å². The average molecular weight is 205 g/mol. The number of carbonyl (C=O) groups is 2. The Morgan fingerprint density at radius 3 is 2.13 bits per heavy atom. The fraction of sp³-hybridized carbons (Fsp3) is 0.273. The Balaban J connectivity index is 2.08. The highest BCUT2D eigenvalue weighted by molar-refractivity contribution is 5.96. The molecular weight excluding hydrogens is 194 g/mol. The van der Waals surface area contributed by atoms with Gasteiger partial charge in [-0.3, -0.25) is 4.79 Å². The maximum atomic E-state index is 11.5. The molecule has 1 aliphatic rings. The molecule has 15 heavy (non-hydrogen) atoms. The highest BCUT2D eigenvalue weighted by atomic mass is 16.4. The van der Waals surface area contributed by atoms with Crippen molar-refractivity contribution in [3.8, 4) is 0 Å². The summed E-state index contributed by atoms with van der Waals surface area (Å²) in [5.41, 5.74) is 0.699.